The Labute approximate surface area is 152 Å². The second kappa shape index (κ2) is 9.28. The predicted octanol–water partition coefficient (Wildman–Crippen LogP) is 1.51. The molecule has 1 aliphatic rings. The normalized spacial score (nSPS) is 17.0. The van der Waals surface area contributed by atoms with E-state index < -0.39 is 5.97 Å². The van der Waals surface area contributed by atoms with Crippen LogP contribution in [-0.4, -0.2) is 59.9 Å². The second-order valence-electron chi connectivity index (χ2n) is 6.27. The third-order valence-corrected chi connectivity index (χ3v) is 4.46. The molecule has 0 bridgehead atoms. The number of amides is 1. The molecule has 8 nitrogen and oxygen atoms in total. The van der Waals surface area contributed by atoms with Crippen molar-refractivity contribution in [1.82, 2.24) is 4.90 Å². The summed E-state index contributed by atoms with van der Waals surface area (Å²) < 4.78 is 10.8. The van der Waals surface area contributed by atoms with Crippen LogP contribution in [0.5, 0.6) is 11.5 Å². The standard InChI is InChI=1S/C18H26N2O6/c1-25-15-9-13(18(24)20-7-3-2-5-12(20)11-21)14(19)10-16(15)26-8-4-6-17(22)23/h9-10,12,21H,2-8,11,19H2,1H3,(H,22,23). The fourth-order valence-corrected chi connectivity index (χ4v) is 3.05. The van der Waals surface area contributed by atoms with E-state index in [1.54, 1.807) is 4.90 Å². The minimum absolute atomic E-state index is 0.00583. The van der Waals surface area contributed by atoms with Crippen LogP contribution in [0.3, 0.4) is 0 Å². The van der Waals surface area contributed by atoms with Crippen molar-refractivity contribution >= 4 is 17.6 Å². The van der Waals surface area contributed by atoms with E-state index in [0.717, 1.165) is 19.3 Å². The van der Waals surface area contributed by atoms with E-state index in [0.29, 0.717) is 30.0 Å². The van der Waals surface area contributed by atoms with Gasteiger partial charge in [0.25, 0.3) is 5.91 Å². The van der Waals surface area contributed by atoms with Gasteiger partial charge in [0.1, 0.15) is 0 Å². The smallest absolute Gasteiger partial charge is 0.303 e. The number of piperidine rings is 1. The summed E-state index contributed by atoms with van der Waals surface area (Å²) in [5, 5.41) is 18.2. The zero-order valence-corrected chi connectivity index (χ0v) is 14.9. The van der Waals surface area contributed by atoms with Gasteiger partial charge in [0.05, 0.1) is 31.9 Å². The Morgan fingerprint density at radius 2 is 2.08 bits per heavy atom. The highest BCUT2D eigenvalue weighted by atomic mass is 16.5. The van der Waals surface area contributed by atoms with Gasteiger partial charge in [0.2, 0.25) is 0 Å². The molecule has 1 fully saturated rings. The van der Waals surface area contributed by atoms with Crippen LogP contribution in [0.4, 0.5) is 5.69 Å². The van der Waals surface area contributed by atoms with Gasteiger partial charge in [0.15, 0.2) is 11.5 Å². The van der Waals surface area contributed by atoms with Crippen molar-refractivity contribution < 1.29 is 29.3 Å². The SMILES string of the molecule is COc1cc(C(=O)N2CCCCC2CO)c(N)cc1OCCCC(=O)O. The number of carbonyl (C=O) groups is 2. The van der Waals surface area contributed by atoms with Crippen molar-refractivity contribution in [2.45, 2.75) is 38.1 Å². The van der Waals surface area contributed by atoms with Crippen LogP contribution in [-0.2, 0) is 4.79 Å². The zero-order chi connectivity index (χ0) is 19.1. The number of carbonyl (C=O) groups excluding carboxylic acids is 1. The molecule has 1 atom stereocenters. The molecule has 0 aliphatic carbocycles. The molecule has 0 radical (unpaired) electrons. The van der Waals surface area contributed by atoms with E-state index in [4.69, 9.17) is 20.3 Å². The first-order valence-corrected chi connectivity index (χ1v) is 8.71. The lowest BCUT2D eigenvalue weighted by Gasteiger charge is -2.35. The van der Waals surface area contributed by atoms with Crippen molar-refractivity contribution in [3.05, 3.63) is 17.7 Å². The van der Waals surface area contributed by atoms with Gasteiger partial charge >= 0.3 is 5.97 Å². The average Bonchev–Trinajstić information content (AvgIpc) is 2.64. The van der Waals surface area contributed by atoms with Crippen LogP contribution >= 0.6 is 0 Å². The lowest BCUT2D eigenvalue weighted by molar-refractivity contribution is -0.137. The van der Waals surface area contributed by atoms with Crippen molar-refractivity contribution in [2.24, 2.45) is 0 Å². The Hall–Kier alpha value is -2.48. The first-order chi connectivity index (χ1) is 12.5. The largest absolute Gasteiger partial charge is 0.493 e. The van der Waals surface area contributed by atoms with E-state index in [1.807, 2.05) is 0 Å². The Morgan fingerprint density at radius 3 is 2.73 bits per heavy atom. The molecule has 1 unspecified atom stereocenters. The maximum absolute atomic E-state index is 12.9. The summed E-state index contributed by atoms with van der Waals surface area (Å²) in [6.45, 7) is 0.709. The molecule has 0 aromatic heterocycles. The topological polar surface area (TPSA) is 122 Å². The number of hydrogen-bond acceptors (Lipinski definition) is 6. The Morgan fingerprint density at radius 1 is 1.31 bits per heavy atom. The molecule has 8 heteroatoms. The highest BCUT2D eigenvalue weighted by Crippen LogP contribution is 2.34. The number of carboxylic acids is 1. The van der Waals surface area contributed by atoms with Gasteiger partial charge < -0.3 is 30.3 Å². The Kier molecular flexibility index (Phi) is 7.08. The monoisotopic (exact) mass is 366 g/mol. The molecule has 0 saturated carbocycles. The quantitative estimate of drug-likeness (QED) is 0.471. The molecule has 0 spiro atoms. The van der Waals surface area contributed by atoms with E-state index in [1.165, 1.54) is 19.2 Å². The fraction of sp³-hybridized carbons (Fsp3) is 0.556. The molecule has 144 valence electrons. The summed E-state index contributed by atoms with van der Waals surface area (Å²) in [6, 6.07) is 2.85. The number of methoxy groups -OCH3 is 1. The summed E-state index contributed by atoms with van der Waals surface area (Å²) in [5.74, 6) is -0.405. The number of nitrogens with two attached hydrogens (primary N) is 1. The lowest BCUT2D eigenvalue weighted by Crippen LogP contribution is -2.45. The number of rotatable bonds is 8. The van der Waals surface area contributed by atoms with E-state index in [9.17, 15) is 14.7 Å². The zero-order valence-electron chi connectivity index (χ0n) is 14.9. The number of nitrogens with zero attached hydrogens (tertiary/aromatic N) is 1. The molecular weight excluding hydrogens is 340 g/mol. The number of nitrogen functional groups attached to an aromatic ring is 1. The number of aliphatic carboxylic acids is 1. The first kappa shape index (κ1) is 19.8. The van der Waals surface area contributed by atoms with Crippen LogP contribution < -0.4 is 15.2 Å². The lowest BCUT2D eigenvalue weighted by atomic mass is 10.0. The summed E-state index contributed by atoms with van der Waals surface area (Å²) in [4.78, 5) is 25.1. The number of ether oxygens (including phenoxy) is 2. The Balaban J connectivity index is 2.16. The van der Waals surface area contributed by atoms with Crippen LogP contribution in [0.2, 0.25) is 0 Å². The molecule has 26 heavy (non-hydrogen) atoms. The number of aliphatic hydroxyl groups is 1. The minimum atomic E-state index is -0.888. The van der Waals surface area contributed by atoms with Crippen molar-refractivity contribution in [2.75, 3.05) is 32.6 Å². The summed E-state index contributed by atoms with van der Waals surface area (Å²) >= 11 is 0. The fourth-order valence-electron chi connectivity index (χ4n) is 3.05. The minimum Gasteiger partial charge on any atom is -0.493 e. The maximum atomic E-state index is 12.9. The van der Waals surface area contributed by atoms with Gasteiger partial charge in [-0.1, -0.05) is 0 Å². The van der Waals surface area contributed by atoms with E-state index >= 15 is 0 Å². The van der Waals surface area contributed by atoms with Gasteiger partial charge in [-0.2, -0.15) is 0 Å². The van der Waals surface area contributed by atoms with Crippen LogP contribution in [0.25, 0.3) is 0 Å². The molecule has 1 saturated heterocycles. The third kappa shape index (κ3) is 4.78. The van der Waals surface area contributed by atoms with Crippen LogP contribution in [0.1, 0.15) is 42.5 Å². The number of benzene rings is 1. The maximum Gasteiger partial charge on any atom is 0.303 e. The highest BCUT2D eigenvalue weighted by molar-refractivity contribution is 6.00. The van der Waals surface area contributed by atoms with Crippen molar-refractivity contribution in [3.63, 3.8) is 0 Å². The number of hydrogen-bond donors (Lipinski definition) is 3. The Bertz CT molecular complexity index is 649. The van der Waals surface area contributed by atoms with Crippen LogP contribution in [0, 0.1) is 0 Å². The highest BCUT2D eigenvalue weighted by Gasteiger charge is 2.28. The van der Waals surface area contributed by atoms with Gasteiger partial charge in [-0.3, -0.25) is 9.59 Å². The number of likely N-dealkylation sites (tertiary alicyclic amines) is 1. The number of anilines is 1. The van der Waals surface area contributed by atoms with E-state index in [2.05, 4.69) is 0 Å². The van der Waals surface area contributed by atoms with E-state index in [-0.39, 0.29) is 37.3 Å². The first-order valence-electron chi connectivity index (χ1n) is 8.71. The van der Waals surface area contributed by atoms with Crippen molar-refractivity contribution in [3.8, 4) is 11.5 Å². The molecule has 1 aliphatic heterocycles. The molecule has 1 aromatic carbocycles. The van der Waals surface area contributed by atoms with Gasteiger partial charge in [-0.15, -0.1) is 0 Å². The number of aliphatic hydroxyl groups excluding tert-OH is 1. The summed E-state index contributed by atoms with van der Waals surface area (Å²) in [6.07, 6.45) is 3.00. The third-order valence-electron chi connectivity index (χ3n) is 4.46. The summed E-state index contributed by atoms with van der Waals surface area (Å²) in [7, 11) is 1.46. The second-order valence-corrected chi connectivity index (χ2v) is 6.27. The molecular formula is C18H26N2O6. The van der Waals surface area contributed by atoms with Gasteiger partial charge in [0, 0.05) is 24.7 Å². The molecule has 1 amide bonds. The predicted molar refractivity (Wildman–Crippen MR) is 95.5 cm³/mol. The molecule has 4 N–H and O–H groups in total. The van der Waals surface area contributed by atoms with Gasteiger partial charge in [-0.05, 0) is 31.7 Å². The average molecular weight is 366 g/mol. The summed E-state index contributed by atoms with van der Waals surface area (Å²) in [5.41, 5.74) is 6.61. The van der Waals surface area contributed by atoms with Gasteiger partial charge in [-0.25, -0.2) is 0 Å². The van der Waals surface area contributed by atoms with Crippen molar-refractivity contribution in [1.29, 1.82) is 0 Å². The molecule has 2 rings (SSSR count). The molecule has 1 aromatic rings. The van der Waals surface area contributed by atoms with Crippen LogP contribution in [0.15, 0.2) is 12.1 Å². The number of carboxylic acid groups (broad SMARTS) is 1. The molecule has 1 heterocycles.